The second kappa shape index (κ2) is 7.31. The minimum absolute atomic E-state index is 0.147. The maximum atomic E-state index is 5.89. The molecular formula is C21H24N6O. The molecule has 2 fully saturated rings. The number of nitrogens with zero attached hydrogens (tertiary/aromatic N) is 6. The minimum Gasteiger partial charge on any atom is -0.379 e. The van der Waals surface area contributed by atoms with Gasteiger partial charge in [-0.2, -0.15) is 0 Å². The minimum atomic E-state index is 0.147. The summed E-state index contributed by atoms with van der Waals surface area (Å²) in [6.45, 7) is 2.03. The van der Waals surface area contributed by atoms with Gasteiger partial charge in [0.05, 0.1) is 24.5 Å². The molecule has 1 saturated heterocycles. The van der Waals surface area contributed by atoms with Crippen LogP contribution in [0.15, 0.2) is 55.1 Å². The quantitative estimate of drug-likeness (QED) is 0.697. The van der Waals surface area contributed by atoms with Gasteiger partial charge >= 0.3 is 0 Å². The van der Waals surface area contributed by atoms with Crippen LogP contribution in [0.4, 0.5) is 5.82 Å². The number of ether oxygens (including phenoxy) is 1. The third-order valence-corrected chi connectivity index (χ3v) is 6.18. The van der Waals surface area contributed by atoms with Crippen molar-refractivity contribution in [2.24, 2.45) is 11.8 Å². The van der Waals surface area contributed by atoms with Crippen LogP contribution in [-0.4, -0.2) is 51.3 Å². The normalized spacial score (nSPS) is 27.0. The molecule has 2 aliphatic rings. The van der Waals surface area contributed by atoms with Gasteiger partial charge in [0.2, 0.25) is 0 Å². The fourth-order valence-corrected chi connectivity index (χ4v) is 4.74. The lowest BCUT2D eigenvalue weighted by Crippen LogP contribution is -2.37. The lowest BCUT2D eigenvalue weighted by Gasteiger charge is -2.36. The monoisotopic (exact) mass is 376 g/mol. The van der Waals surface area contributed by atoms with Gasteiger partial charge in [0.15, 0.2) is 0 Å². The summed E-state index contributed by atoms with van der Waals surface area (Å²) in [6, 6.07) is 10.4. The molecule has 1 aromatic carbocycles. The molecule has 3 heterocycles. The first kappa shape index (κ1) is 17.3. The Bertz CT molecular complexity index is 915. The summed E-state index contributed by atoms with van der Waals surface area (Å²) in [7, 11) is 1.81. The van der Waals surface area contributed by atoms with Gasteiger partial charge in [-0.05, 0) is 24.7 Å². The summed E-state index contributed by atoms with van der Waals surface area (Å²) in [5.74, 6) is 2.18. The molecule has 7 heteroatoms. The zero-order valence-electron chi connectivity index (χ0n) is 15.9. The van der Waals surface area contributed by atoms with Crippen LogP contribution in [0.2, 0.25) is 0 Å². The Morgan fingerprint density at radius 1 is 1.04 bits per heavy atom. The lowest BCUT2D eigenvalue weighted by molar-refractivity contribution is -0.00541. The van der Waals surface area contributed by atoms with Crippen molar-refractivity contribution in [3.05, 3.63) is 55.1 Å². The summed E-state index contributed by atoms with van der Waals surface area (Å²) in [5, 5.41) is 8.86. The average molecular weight is 376 g/mol. The molecule has 1 aliphatic carbocycles. The van der Waals surface area contributed by atoms with E-state index >= 15 is 0 Å². The fraction of sp³-hybridized carbons (Fsp3) is 0.429. The van der Waals surface area contributed by atoms with Crippen LogP contribution in [-0.2, 0) is 4.74 Å². The molecule has 0 bridgehead atoms. The number of hydrogen-bond donors (Lipinski definition) is 0. The van der Waals surface area contributed by atoms with Crippen LogP contribution < -0.4 is 4.90 Å². The van der Waals surface area contributed by atoms with Gasteiger partial charge < -0.3 is 9.64 Å². The van der Waals surface area contributed by atoms with Gasteiger partial charge in [0.25, 0.3) is 0 Å². The second-order valence-corrected chi connectivity index (χ2v) is 7.75. The van der Waals surface area contributed by atoms with Crippen LogP contribution in [0.1, 0.15) is 18.9 Å². The molecule has 5 rings (SSSR count). The van der Waals surface area contributed by atoms with Crippen LogP contribution in [0, 0.1) is 11.8 Å². The van der Waals surface area contributed by atoms with Crippen molar-refractivity contribution < 1.29 is 4.74 Å². The summed E-state index contributed by atoms with van der Waals surface area (Å²) in [6.07, 6.45) is 9.61. The van der Waals surface area contributed by atoms with E-state index in [0.29, 0.717) is 11.8 Å². The first-order chi connectivity index (χ1) is 13.8. The maximum Gasteiger partial charge on any atom is 0.147 e. The Morgan fingerprint density at radius 3 is 2.61 bits per heavy atom. The van der Waals surface area contributed by atoms with Crippen molar-refractivity contribution in [2.45, 2.75) is 25.0 Å². The highest BCUT2D eigenvalue weighted by molar-refractivity contribution is 5.57. The van der Waals surface area contributed by atoms with Crippen molar-refractivity contribution >= 4 is 5.82 Å². The van der Waals surface area contributed by atoms with Crippen molar-refractivity contribution in [1.29, 1.82) is 0 Å². The van der Waals surface area contributed by atoms with Gasteiger partial charge in [-0.25, -0.2) is 9.67 Å². The number of rotatable bonds is 4. The zero-order chi connectivity index (χ0) is 18.9. The van der Waals surface area contributed by atoms with Gasteiger partial charge in [0.1, 0.15) is 11.5 Å². The van der Waals surface area contributed by atoms with Crippen molar-refractivity contribution in [1.82, 2.24) is 25.0 Å². The topological polar surface area (TPSA) is 69.0 Å². The molecule has 0 N–H and O–H groups in total. The third kappa shape index (κ3) is 3.16. The predicted molar refractivity (Wildman–Crippen MR) is 106 cm³/mol. The highest BCUT2D eigenvalue weighted by Gasteiger charge is 2.43. The molecule has 0 amide bonds. The molecule has 3 aromatic rings. The zero-order valence-corrected chi connectivity index (χ0v) is 15.9. The number of fused-ring (bicyclic) bond motifs is 1. The van der Waals surface area contributed by atoms with E-state index in [1.807, 2.05) is 36.2 Å². The largest absolute Gasteiger partial charge is 0.379 e. The first-order valence-electron chi connectivity index (χ1n) is 9.83. The van der Waals surface area contributed by atoms with Gasteiger partial charge in [-0.1, -0.05) is 35.5 Å². The third-order valence-electron chi connectivity index (χ3n) is 6.18. The van der Waals surface area contributed by atoms with Crippen LogP contribution in [0.5, 0.6) is 0 Å². The molecule has 1 saturated carbocycles. The Morgan fingerprint density at radius 2 is 1.86 bits per heavy atom. The number of aromatic nitrogens is 5. The Labute approximate surface area is 164 Å². The van der Waals surface area contributed by atoms with E-state index in [1.165, 1.54) is 0 Å². The van der Waals surface area contributed by atoms with E-state index in [4.69, 9.17) is 4.74 Å². The van der Waals surface area contributed by atoms with Crippen LogP contribution in [0.3, 0.4) is 0 Å². The smallest absolute Gasteiger partial charge is 0.147 e. The number of methoxy groups -OCH3 is 1. The lowest BCUT2D eigenvalue weighted by atomic mass is 9.77. The summed E-state index contributed by atoms with van der Waals surface area (Å²) in [4.78, 5) is 11.1. The second-order valence-electron chi connectivity index (χ2n) is 7.75. The summed E-state index contributed by atoms with van der Waals surface area (Å²) < 4.78 is 7.90. The van der Waals surface area contributed by atoms with Gasteiger partial charge in [-0.3, -0.25) is 4.98 Å². The molecule has 0 radical (unpaired) electrons. The van der Waals surface area contributed by atoms with Gasteiger partial charge in [-0.15, -0.1) is 5.10 Å². The molecule has 0 unspecified atom stereocenters. The highest BCUT2D eigenvalue weighted by Crippen LogP contribution is 2.43. The van der Waals surface area contributed by atoms with Crippen molar-refractivity contribution in [3.8, 4) is 11.3 Å². The summed E-state index contributed by atoms with van der Waals surface area (Å²) in [5.41, 5.74) is 2.00. The molecule has 2 aromatic heterocycles. The van der Waals surface area contributed by atoms with E-state index < -0.39 is 0 Å². The Balaban J connectivity index is 1.36. The van der Waals surface area contributed by atoms with E-state index in [-0.39, 0.29) is 12.1 Å². The van der Waals surface area contributed by atoms with Crippen LogP contribution >= 0.6 is 0 Å². The van der Waals surface area contributed by atoms with Crippen LogP contribution in [0.25, 0.3) is 11.3 Å². The number of benzene rings is 1. The van der Waals surface area contributed by atoms with E-state index in [0.717, 1.165) is 43.0 Å². The fourth-order valence-electron chi connectivity index (χ4n) is 4.74. The molecule has 144 valence electrons. The van der Waals surface area contributed by atoms with E-state index in [2.05, 4.69) is 43.5 Å². The number of hydrogen-bond acceptors (Lipinski definition) is 6. The molecule has 7 nitrogen and oxygen atoms in total. The number of anilines is 1. The Hall–Kier alpha value is -2.80. The maximum absolute atomic E-state index is 5.89. The standard InChI is InChI=1S/C21H24N6O/c1-28-20-10-17-13-26(21-11-22-7-8-23-21)12-16(17)9-19(20)27-14-18(24-25-27)15-5-3-2-4-6-15/h2-8,11,14,16-17,19-20H,9-10,12-13H2,1H3/t16-,17+,19-,20-/m1/s1. The van der Waals surface area contributed by atoms with Crippen molar-refractivity contribution in [3.63, 3.8) is 0 Å². The predicted octanol–water partition coefficient (Wildman–Crippen LogP) is 2.84. The van der Waals surface area contributed by atoms with Gasteiger partial charge in [0, 0.05) is 38.2 Å². The molecule has 28 heavy (non-hydrogen) atoms. The molecular weight excluding hydrogens is 352 g/mol. The Kier molecular flexibility index (Phi) is 4.52. The highest BCUT2D eigenvalue weighted by atomic mass is 16.5. The molecule has 0 spiro atoms. The SMILES string of the molecule is CO[C@@H]1C[C@H]2CN(c3cnccn3)C[C@H]2C[C@H]1n1cc(-c2ccccc2)nn1. The van der Waals surface area contributed by atoms with E-state index in [9.17, 15) is 0 Å². The molecule has 1 aliphatic heterocycles. The molecule has 4 atom stereocenters. The van der Waals surface area contributed by atoms with E-state index in [1.54, 1.807) is 12.4 Å². The van der Waals surface area contributed by atoms with Crippen molar-refractivity contribution in [2.75, 3.05) is 25.1 Å². The summed E-state index contributed by atoms with van der Waals surface area (Å²) >= 11 is 0. The first-order valence-corrected chi connectivity index (χ1v) is 9.83. The average Bonchev–Trinajstić information content (AvgIpc) is 3.41.